The van der Waals surface area contributed by atoms with Crippen molar-refractivity contribution in [2.75, 3.05) is 5.43 Å². The lowest BCUT2D eigenvalue weighted by atomic mass is 10.2. The molecule has 0 saturated heterocycles. The van der Waals surface area contributed by atoms with Gasteiger partial charge in [-0.1, -0.05) is 19.8 Å². The minimum Gasteiger partial charge on any atom is -0.303 e. The largest absolute Gasteiger partial charge is 0.329 e. The van der Waals surface area contributed by atoms with E-state index in [-0.39, 0.29) is 11.3 Å². The third kappa shape index (κ3) is 4.23. The Morgan fingerprint density at radius 2 is 2.00 bits per heavy atom. The molecule has 1 aromatic carbocycles. The van der Waals surface area contributed by atoms with Gasteiger partial charge >= 0.3 is 5.69 Å². The highest BCUT2D eigenvalue weighted by Gasteiger charge is 2.16. The monoisotopic (exact) mass is 399 g/mol. The highest BCUT2D eigenvalue weighted by molar-refractivity contribution is 5.81. The Hall–Kier alpha value is -3.76. The molecule has 0 saturated carbocycles. The molecule has 0 bridgehead atoms. The molecule has 11 nitrogen and oxygen atoms in total. The van der Waals surface area contributed by atoms with Gasteiger partial charge in [-0.2, -0.15) is 10.1 Å². The Morgan fingerprint density at radius 3 is 2.66 bits per heavy atom. The van der Waals surface area contributed by atoms with Crippen LogP contribution in [0.25, 0.3) is 11.2 Å². The van der Waals surface area contributed by atoms with E-state index in [9.17, 15) is 19.7 Å². The van der Waals surface area contributed by atoms with E-state index in [1.165, 1.54) is 30.0 Å². The van der Waals surface area contributed by atoms with Gasteiger partial charge in [0, 0.05) is 25.7 Å². The van der Waals surface area contributed by atoms with Crippen molar-refractivity contribution in [2.24, 2.45) is 12.1 Å². The van der Waals surface area contributed by atoms with Gasteiger partial charge in [0.15, 0.2) is 11.2 Å². The molecular formula is C18H21N7O4. The van der Waals surface area contributed by atoms with Crippen LogP contribution >= 0.6 is 0 Å². The summed E-state index contributed by atoms with van der Waals surface area (Å²) in [5, 5.41) is 14.8. The van der Waals surface area contributed by atoms with Crippen molar-refractivity contribution in [3.63, 3.8) is 0 Å². The molecule has 152 valence electrons. The number of non-ortho nitro benzene ring substituents is 1. The number of nitro benzene ring substituents is 1. The summed E-state index contributed by atoms with van der Waals surface area (Å²) in [6, 6.07) is 5.91. The Balaban J connectivity index is 1.92. The fraction of sp³-hybridized carbons (Fsp3) is 0.333. The van der Waals surface area contributed by atoms with Gasteiger partial charge in [0.05, 0.1) is 11.1 Å². The zero-order valence-electron chi connectivity index (χ0n) is 16.1. The van der Waals surface area contributed by atoms with Gasteiger partial charge in [0.2, 0.25) is 5.95 Å². The number of fused-ring (bicyclic) bond motifs is 1. The molecular weight excluding hydrogens is 378 g/mol. The fourth-order valence-electron chi connectivity index (χ4n) is 2.90. The van der Waals surface area contributed by atoms with Crippen LogP contribution in [-0.4, -0.2) is 30.2 Å². The van der Waals surface area contributed by atoms with Crippen molar-refractivity contribution in [3.05, 3.63) is 60.8 Å². The van der Waals surface area contributed by atoms with Crippen molar-refractivity contribution >= 4 is 29.0 Å². The summed E-state index contributed by atoms with van der Waals surface area (Å²) < 4.78 is 2.98. The van der Waals surface area contributed by atoms with E-state index in [2.05, 4.69) is 27.4 Å². The topological polar surface area (TPSA) is 140 Å². The summed E-state index contributed by atoms with van der Waals surface area (Å²) in [5.41, 5.74) is 2.99. The van der Waals surface area contributed by atoms with Crippen LogP contribution in [0.15, 0.2) is 39.0 Å². The van der Waals surface area contributed by atoms with Crippen LogP contribution in [0.5, 0.6) is 0 Å². The van der Waals surface area contributed by atoms with Crippen molar-refractivity contribution in [2.45, 2.75) is 32.7 Å². The number of hydrazone groups is 1. The van der Waals surface area contributed by atoms with E-state index in [0.717, 1.165) is 19.3 Å². The lowest BCUT2D eigenvalue weighted by Crippen LogP contribution is -2.29. The van der Waals surface area contributed by atoms with Crippen LogP contribution in [0.2, 0.25) is 0 Å². The summed E-state index contributed by atoms with van der Waals surface area (Å²) in [4.78, 5) is 41.1. The second kappa shape index (κ2) is 8.50. The van der Waals surface area contributed by atoms with Gasteiger partial charge in [-0.15, -0.1) is 0 Å². The van der Waals surface area contributed by atoms with Gasteiger partial charge in [-0.25, -0.2) is 10.2 Å². The molecule has 0 amide bonds. The number of nitro groups is 1. The summed E-state index contributed by atoms with van der Waals surface area (Å²) in [5.74, 6) is 0.334. The van der Waals surface area contributed by atoms with E-state index in [1.54, 1.807) is 16.7 Å². The molecule has 0 fully saturated rings. The van der Waals surface area contributed by atoms with Gasteiger partial charge in [0.1, 0.15) is 0 Å². The van der Waals surface area contributed by atoms with Crippen LogP contribution in [0.3, 0.4) is 0 Å². The average Bonchev–Trinajstić information content (AvgIpc) is 3.06. The summed E-state index contributed by atoms with van der Waals surface area (Å²) in [7, 11) is 1.54. The lowest BCUT2D eigenvalue weighted by molar-refractivity contribution is -0.384. The second-order valence-electron chi connectivity index (χ2n) is 6.50. The predicted molar refractivity (Wildman–Crippen MR) is 109 cm³/mol. The van der Waals surface area contributed by atoms with Crippen molar-refractivity contribution in [1.29, 1.82) is 0 Å². The van der Waals surface area contributed by atoms with E-state index >= 15 is 0 Å². The SMILES string of the molecule is CCCCCn1c(N/N=C/c2ccc([N+](=O)[O-])cc2)nc2c1c(=O)[nH]c(=O)n2C. The maximum atomic E-state index is 12.3. The standard InChI is InChI=1S/C18H21N7O4/c1-3-4-5-10-24-14-15(23(2)18(27)21-16(14)26)20-17(24)22-19-11-12-6-8-13(9-7-12)25(28)29/h6-9,11H,3-5,10H2,1-2H3,(H,20,22)(H,21,26,27)/b19-11+. The normalized spacial score (nSPS) is 11.4. The number of aromatic nitrogens is 4. The Bertz CT molecular complexity index is 1170. The first kappa shape index (κ1) is 20.0. The minimum absolute atomic E-state index is 0.00651. The number of anilines is 1. The number of hydrogen-bond donors (Lipinski definition) is 2. The third-order valence-electron chi connectivity index (χ3n) is 4.47. The second-order valence-corrected chi connectivity index (χ2v) is 6.50. The Labute approximate surface area is 164 Å². The van der Waals surface area contributed by atoms with Gasteiger partial charge in [-0.3, -0.25) is 24.5 Å². The highest BCUT2D eigenvalue weighted by atomic mass is 16.6. The number of unbranched alkanes of at least 4 members (excludes halogenated alkanes) is 2. The zero-order valence-corrected chi connectivity index (χ0v) is 16.1. The fourth-order valence-corrected chi connectivity index (χ4v) is 2.90. The molecule has 29 heavy (non-hydrogen) atoms. The first-order chi connectivity index (χ1) is 13.9. The lowest BCUT2D eigenvalue weighted by Gasteiger charge is -2.07. The zero-order chi connectivity index (χ0) is 21.0. The molecule has 0 unspecified atom stereocenters. The van der Waals surface area contributed by atoms with E-state index < -0.39 is 16.2 Å². The average molecular weight is 399 g/mol. The number of H-pyrrole nitrogens is 1. The summed E-state index contributed by atoms with van der Waals surface area (Å²) in [6.07, 6.45) is 4.32. The van der Waals surface area contributed by atoms with E-state index in [1.807, 2.05) is 0 Å². The molecule has 11 heteroatoms. The number of benzene rings is 1. The highest BCUT2D eigenvalue weighted by Crippen LogP contribution is 2.17. The number of aromatic amines is 1. The molecule has 0 aliphatic carbocycles. The quantitative estimate of drug-likeness (QED) is 0.257. The molecule has 0 atom stereocenters. The molecule has 2 N–H and O–H groups in total. The number of nitrogens with zero attached hydrogens (tertiary/aromatic N) is 5. The van der Waals surface area contributed by atoms with Crippen molar-refractivity contribution in [1.82, 2.24) is 19.1 Å². The van der Waals surface area contributed by atoms with Crippen LogP contribution in [0.4, 0.5) is 11.6 Å². The number of nitrogens with one attached hydrogen (secondary N) is 2. The van der Waals surface area contributed by atoms with Gasteiger partial charge in [-0.05, 0) is 24.1 Å². The Kier molecular flexibility index (Phi) is 5.86. The van der Waals surface area contributed by atoms with Crippen LogP contribution < -0.4 is 16.7 Å². The Morgan fingerprint density at radius 1 is 1.28 bits per heavy atom. The molecule has 0 aliphatic rings. The first-order valence-electron chi connectivity index (χ1n) is 9.15. The third-order valence-corrected chi connectivity index (χ3v) is 4.47. The molecule has 3 aromatic rings. The number of hydrogen-bond acceptors (Lipinski definition) is 7. The number of rotatable bonds is 8. The summed E-state index contributed by atoms with van der Waals surface area (Å²) in [6.45, 7) is 2.62. The smallest absolute Gasteiger partial charge is 0.303 e. The first-order valence-corrected chi connectivity index (χ1v) is 9.15. The maximum Gasteiger partial charge on any atom is 0.329 e. The van der Waals surface area contributed by atoms with Gasteiger partial charge < -0.3 is 4.57 Å². The molecule has 0 radical (unpaired) electrons. The maximum absolute atomic E-state index is 12.3. The van der Waals surface area contributed by atoms with E-state index in [0.29, 0.717) is 23.6 Å². The molecule has 0 spiro atoms. The van der Waals surface area contributed by atoms with Gasteiger partial charge in [0.25, 0.3) is 11.2 Å². The molecule has 3 rings (SSSR count). The molecule has 2 heterocycles. The van der Waals surface area contributed by atoms with Crippen LogP contribution in [0.1, 0.15) is 31.7 Å². The van der Waals surface area contributed by atoms with E-state index in [4.69, 9.17) is 0 Å². The van der Waals surface area contributed by atoms with Crippen molar-refractivity contribution in [3.8, 4) is 0 Å². The molecule has 2 aromatic heterocycles. The number of aryl methyl sites for hydroxylation is 2. The van der Waals surface area contributed by atoms with Crippen LogP contribution in [0, 0.1) is 10.1 Å². The summed E-state index contributed by atoms with van der Waals surface area (Å²) >= 11 is 0. The van der Waals surface area contributed by atoms with Crippen LogP contribution in [-0.2, 0) is 13.6 Å². The predicted octanol–water partition coefficient (Wildman–Crippen LogP) is 1.97. The molecule has 0 aliphatic heterocycles. The number of imidazole rings is 1. The van der Waals surface area contributed by atoms with Crippen molar-refractivity contribution < 1.29 is 4.92 Å². The minimum atomic E-state index is -0.540.